The molecule has 13 nitrogen and oxygen atoms in total. The van der Waals surface area contributed by atoms with Crippen molar-refractivity contribution in [1.82, 2.24) is 14.8 Å². The summed E-state index contributed by atoms with van der Waals surface area (Å²) in [5, 5.41) is 11.9. The van der Waals surface area contributed by atoms with Crippen LogP contribution in [0.2, 0.25) is 18.1 Å². The van der Waals surface area contributed by atoms with Gasteiger partial charge in [-0.2, -0.15) is 5.26 Å². The first-order valence-corrected chi connectivity index (χ1v) is 28.7. The topological polar surface area (TPSA) is 144 Å². The van der Waals surface area contributed by atoms with E-state index in [2.05, 4.69) is 51.9 Å². The predicted molar refractivity (Wildman–Crippen MR) is 284 cm³/mol. The van der Waals surface area contributed by atoms with Crippen LogP contribution in [0.1, 0.15) is 126 Å². The molecule has 3 aromatic carbocycles. The number of carbonyl (C=O) groups excluding carboxylic acids is 3. The van der Waals surface area contributed by atoms with E-state index < -0.39 is 61.0 Å². The Morgan fingerprint density at radius 2 is 1.62 bits per heavy atom. The number of anilines is 1. The Bertz CT molecular complexity index is 2750. The summed E-state index contributed by atoms with van der Waals surface area (Å²) in [5.74, 6) is -0.849. The number of hydrogen-bond acceptors (Lipinski definition) is 11. The molecule has 15 heteroatoms. The molecule has 3 aliphatic heterocycles. The van der Waals surface area contributed by atoms with Gasteiger partial charge in [0.1, 0.15) is 29.1 Å². The molecule has 72 heavy (non-hydrogen) atoms. The van der Waals surface area contributed by atoms with Crippen LogP contribution in [-0.2, 0) is 31.5 Å². The van der Waals surface area contributed by atoms with Crippen LogP contribution in [0.4, 0.5) is 19.7 Å². The van der Waals surface area contributed by atoms with Crippen LogP contribution in [0.5, 0.6) is 11.6 Å². The van der Waals surface area contributed by atoms with Crippen LogP contribution in [-0.4, -0.2) is 104 Å². The van der Waals surface area contributed by atoms with Crippen LogP contribution < -0.4 is 14.4 Å². The highest BCUT2D eigenvalue weighted by Crippen LogP contribution is 2.51. The van der Waals surface area contributed by atoms with Gasteiger partial charge in [0.25, 0.3) is 0 Å². The summed E-state index contributed by atoms with van der Waals surface area (Å²) in [4.78, 5) is 53.4. The van der Waals surface area contributed by atoms with Crippen molar-refractivity contribution in [2.24, 2.45) is 11.3 Å². The molecule has 2 bridgehead atoms. The maximum Gasteiger partial charge on any atom is 0.415 e. The van der Waals surface area contributed by atoms with Gasteiger partial charge in [0.2, 0.25) is 5.88 Å². The highest BCUT2D eigenvalue weighted by Gasteiger charge is 2.59. The van der Waals surface area contributed by atoms with Gasteiger partial charge in [-0.15, -0.1) is 0 Å². The third-order valence-electron chi connectivity index (χ3n) is 14.7. The molecule has 4 aromatic rings. The molecule has 8 rings (SSSR count). The summed E-state index contributed by atoms with van der Waals surface area (Å²) < 4.78 is 50.7. The number of ether oxygens (including phenoxy) is 4. The van der Waals surface area contributed by atoms with Gasteiger partial charge in [0.15, 0.2) is 14.1 Å². The summed E-state index contributed by atoms with van der Waals surface area (Å²) in [7, 11) is -0.112. The molecule has 0 spiro atoms. The molecule has 3 saturated heterocycles. The predicted octanol–water partition coefficient (Wildman–Crippen LogP) is 12.8. The Morgan fingerprint density at radius 1 is 0.931 bits per heavy atom. The number of nitriles is 1. The number of likely N-dealkylation sites (N-methyl/N-ethyl adjacent to an activating group) is 1. The zero-order valence-corrected chi connectivity index (χ0v) is 46.5. The quantitative estimate of drug-likeness (QED) is 0.0515. The number of halogens is 1. The van der Waals surface area contributed by atoms with Gasteiger partial charge in [0, 0.05) is 48.0 Å². The molecule has 390 valence electrons. The van der Waals surface area contributed by atoms with Crippen LogP contribution in [0.15, 0.2) is 42.5 Å². The van der Waals surface area contributed by atoms with E-state index in [1.165, 1.54) is 0 Å². The zero-order chi connectivity index (χ0) is 52.9. The number of aryl methyl sites for hydroxylation is 1. The monoisotopic (exact) mass is 1010 g/mol. The molecule has 4 atom stereocenters. The smallest absolute Gasteiger partial charge is 0.415 e. The van der Waals surface area contributed by atoms with Crippen LogP contribution in [0.25, 0.3) is 32.8 Å². The second-order valence-electron chi connectivity index (χ2n) is 24.7. The molecule has 4 aliphatic rings. The van der Waals surface area contributed by atoms with E-state index in [1.807, 2.05) is 71.9 Å². The third-order valence-corrected chi connectivity index (χ3v) is 19.2. The lowest BCUT2D eigenvalue weighted by Crippen LogP contribution is -2.59. The van der Waals surface area contributed by atoms with E-state index in [-0.39, 0.29) is 59.2 Å². The minimum atomic E-state index is -2.18. The number of hydrogen-bond donors (Lipinski definition) is 0. The fourth-order valence-electron chi connectivity index (χ4n) is 9.86. The van der Waals surface area contributed by atoms with Gasteiger partial charge in [-0.3, -0.25) is 9.69 Å². The number of benzene rings is 3. The molecule has 4 heterocycles. The molecule has 4 fully saturated rings. The van der Waals surface area contributed by atoms with E-state index in [0.29, 0.717) is 65.6 Å². The summed E-state index contributed by atoms with van der Waals surface area (Å²) in [6.07, 6.45) is 2.51. The molecule has 0 radical (unpaired) electrons. The summed E-state index contributed by atoms with van der Waals surface area (Å²) in [5.41, 5.74) is -0.404. The normalized spacial score (nSPS) is 19.6. The Morgan fingerprint density at radius 3 is 2.25 bits per heavy atom. The SMILES string of the molecule is CN1CCC[C@H]1COc1nc2c(F)c(-c3cc(OC(=O)C(C)(C)C)cc4ccccc34)c(CCC#N)cc2c(N(C(=O)OC(C)(C)C)C2C3CC2N(C(=O)OC(C)(C)C)C3)c1CCCO[Si](C)(C)C(C)(C)C. The number of esters is 1. The third kappa shape index (κ3) is 11.7. The van der Waals surface area contributed by atoms with E-state index in [0.717, 1.165) is 24.8 Å². The number of fused-ring (bicyclic) bond motifs is 3. The Balaban J connectivity index is 1.54. The summed E-state index contributed by atoms with van der Waals surface area (Å²) in [6.45, 7) is 29.2. The van der Waals surface area contributed by atoms with Crippen molar-refractivity contribution in [3.63, 3.8) is 0 Å². The minimum absolute atomic E-state index is 0.0323. The number of nitrogens with zero attached hydrogens (tertiary/aromatic N) is 5. The molecule has 1 saturated carbocycles. The molecule has 1 aliphatic carbocycles. The van der Waals surface area contributed by atoms with Gasteiger partial charge in [0.05, 0.1) is 29.3 Å². The van der Waals surface area contributed by atoms with Crippen molar-refractivity contribution < 1.29 is 42.1 Å². The fraction of sp³-hybridized carbons (Fsp3) is 0.596. The Hall–Kier alpha value is -5.30. The molecule has 0 N–H and O–H groups in total. The lowest BCUT2D eigenvalue weighted by molar-refractivity contribution is -0.143. The van der Waals surface area contributed by atoms with E-state index in [9.17, 15) is 14.9 Å². The second-order valence-corrected chi connectivity index (χ2v) is 29.5. The van der Waals surface area contributed by atoms with Crippen molar-refractivity contribution in [1.29, 1.82) is 5.26 Å². The second kappa shape index (κ2) is 20.5. The lowest BCUT2D eigenvalue weighted by Gasteiger charge is -2.45. The molecular weight excluding hydrogens is 930 g/mol. The number of aromatic nitrogens is 1. The maximum absolute atomic E-state index is 18.8. The van der Waals surface area contributed by atoms with Crippen molar-refractivity contribution in [3.05, 3.63) is 59.4 Å². The van der Waals surface area contributed by atoms with Crippen molar-refractivity contribution >= 4 is 53.8 Å². The van der Waals surface area contributed by atoms with Crippen LogP contribution >= 0.6 is 0 Å². The first-order valence-electron chi connectivity index (χ1n) is 25.8. The van der Waals surface area contributed by atoms with Gasteiger partial charge in [-0.05, 0) is 173 Å². The highest BCUT2D eigenvalue weighted by molar-refractivity contribution is 6.74. The van der Waals surface area contributed by atoms with Gasteiger partial charge in [-0.1, -0.05) is 45.0 Å². The zero-order valence-electron chi connectivity index (χ0n) is 45.5. The number of pyridine rings is 1. The van der Waals surface area contributed by atoms with Crippen molar-refractivity contribution in [2.45, 2.75) is 175 Å². The highest BCUT2D eigenvalue weighted by atomic mass is 28.4. The maximum atomic E-state index is 18.8. The number of amides is 2. The van der Waals surface area contributed by atoms with Gasteiger partial charge >= 0.3 is 18.2 Å². The summed E-state index contributed by atoms with van der Waals surface area (Å²) >= 11 is 0. The Labute approximate surface area is 427 Å². The van der Waals surface area contributed by atoms with E-state index >= 15 is 9.18 Å². The average Bonchev–Trinajstić information content (AvgIpc) is 3.99. The van der Waals surface area contributed by atoms with Crippen molar-refractivity contribution in [2.75, 3.05) is 38.3 Å². The lowest BCUT2D eigenvalue weighted by atomic mass is 9.78. The standard InChI is InChI=1S/C57H78FN5O8Si/c1-54(2,3)51(64)69-39-29-35-21-16-17-24-40(35)42(32-39)45-36(22-18-26-59)30-43-47(46(45)58)60-50(67-34-38-23-19-27-61(38)13)41(25-20-28-68-72(14,15)57(10,11)12)49(43)63(53(66)71-56(7,8)9)48-37-31-44(48)62(33-37)52(65)70-55(4,5)6/h16-17,21,24,29-30,32,37-38,44,48H,18-20,22-23,25,27-28,31,33-34H2,1-15H3/t37?,38-,44?,48?/m0/s1. The Kier molecular flexibility index (Phi) is 15.5. The first-order chi connectivity index (χ1) is 33.5. The van der Waals surface area contributed by atoms with Crippen LogP contribution in [0.3, 0.4) is 0 Å². The van der Waals surface area contributed by atoms with E-state index in [4.69, 9.17) is 28.4 Å². The van der Waals surface area contributed by atoms with Gasteiger partial charge in [-0.25, -0.2) is 19.0 Å². The number of carbonyl (C=O) groups is 3. The number of rotatable bonds is 14. The van der Waals surface area contributed by atoms with Crippen LogP contribution in [0, 0.1) is 28.5 Å². The van der Waals surface area contributed by atoms with Crippen molar-refractivity contribution in [3.8, 4) is 28.8 Å². The van der Waals surface area contributed by atoms with E-state index in [1.54, 1.807) is 42.7 Å². The molecule has 2 amide bonds. The fourth-order valence-corrected chi connectivity index (χ4v) is 10.9. The molecule has 3 unspecified atom stereocenters. The molecule has 1 aromatic heterocycles. The molecular formula is C57H78FN5O8Si. The number of likely N-dealkylation sites (tertiary alicyclic amines) is 1. The average molecular weight is 1010 g/mol. The first kappa shape index (κ1) is 54.5. The largest absolute Gasteiger partial charge is 0.476 e. The summed E-state index contributed by atoms with van der Waals surface area (Å²) in [6, 6.07) is 14.2. The van der Waals surface area contributed by atoms with Gasteiger partial charge < -0.3 is 33.2 Å². The minimum Gasteiger partial charge on any atom is -0.476 e.